The zero-order valence-corrected chi connectivity index (χ0v) is 12.3. The van der Waals surface area contributed by atoms with Crippen LogP contribution < -0.4 is 0 Å². The van der Waals surface area contributed by atoms with Crippen molar-refractivity contribution in [3.8, 4) is 0 Å². The number of rotatable bonds is 2. The molecule has 112 valence electrons. The van der Waals surface area contributed by atoms with Gasteiger partial charge < -0.3 is 9.64 Å². The van der Waals surface area contributed by atoms with Gasteiger partial charge in [-0.2, -0.15) is 0 Å². The average Bonchev–Trinajstić information content (AvgIpc) is 3.23. The summed E-state index contributed by atoms with van der Waals surface area (Å²) in [7, 11) is 0. The molecule has 3 aliphatic heterocycles. The second kappa shape index (κ2) is 5.43. The van der Waals surface area contributed by atoms with E-state index in [1.807, 2.05) is 6.07 Å². The van der Waals surface area contributed by atoms with Crippen molar-refractivity contribution in [2.75, 3.05) is 19.7 Å². The smallest absolute Gasteiger partial charge is 0.253 e. The lowest BCUT2D eigenvalue weighted by Crippen LogP contribution is -2.41. The van der Waals surface area contributed by atoms with Gasteiger partial charge >= 0.3 is 0 Å². The van der Waals surface area contributed by atoms with Crippen molar-refractivity contribution in [1.29, 1.82) is 0 Å². The van der Waals surface area contributed by atoms with Gasteiger partial charge in [0.15, 0.2) is 0 Å². The van der Waals surface area contributed by atoms with Crippen molar-refractivity contribution in [2.45, 2.75) is 44.0 Å². The molecule has 4 heteroatoms. The molecule has 0 bridgehead atoms. The van der Waals surface area contributed by atoms with Gasteiger partial charge in [0.25, 0.3) is 5.91 Å². The molecule has 4 nitrogen and oxygen atoms in total. The molecule has 0 aromatic heterocycles. The molecule has 1 aromatic rings. The maximum atomic E-state index is 12.8. The Hall–Kier alpha value is -1.39. The Balaban J connectivity index is 1.63. The van der Waals surface area contributed by atoms with Crippen molar-refractivity contribution in [3.63, 3.8) is 0 Å². The fourth-order valence-corrected chi connectivity index (χ4v) is 4.05. The lowest BCUT2D eigenvalue weighted by molar-refractivity contribution is -0.143. The van der Waals surface area contributed by atoms with Gasteiger partial charge in [-0.1, -0.05) is 30.3 Å². The van der Waals surface area contributed by atoms with Crippen LogP contribution in [-0.2, 0) is 9.53 Å². The Labute approximate surface area is 125 Å². The van der Waals surface area contributed by atoms with Crippen LogP contribution in [0.2, 0.25) is 0 Å². The third kappa shape index (κ3) is 2.27. The molecule has 3 aliphatic rings. The third-order valence-corrected chi connectivity index (χ3v) is 5.03. The first-order chi connectivity index (χ1) is 10.3. The van der Waals surface area contributed by atoms with Crippen LogP contribution in [0.5, 0.6) is 0 Å². The van der Waals surface area contributed by atoms with Crippen LogP contribution in [0.4, 0.5) is 0 Å². The summed E-state index contributed by atoms with van der Waals surface area (Å²) < 4.78 is 5.62. The van der Waals surface area contributed by atoms with E-state index in [4.69, 9.17) is 4.74 Å². The summed E-state index contributed by atoms with van der Waals surface area (Å²) in [5.74, 6) is 0.191. The zero-order valence-electron chi connectivity index (χ0n) is 12.3. The van der Waals surface area contributed by atoms with Gasteiger partial charge in [-0.25, -0.2) is 0 Å². The number of hydrogen-bond acceptors (Lipinski definition) is 3. The molecule has 0 aliphatic carbocycles. The van der Waals surface area contributed by atoms with Gasteiger partial charge in [-0.3, -0.25) is 9.69 Å². The molecule has 3 atom stereocenters. The second-order valence-corrected chi connectivity index (χ2v) is 6.31. The minimum absolute atomic E-state index is 0.107. The Bertz CT molecular complexity index is 513. The van der Waals surface area contributed by atoms with Gasteiger partial charge in [0.2, 0.25) is 0 Å². The molecule has 0 radical (unpaired) electrons. The van der Waals surface area contributed by atoms with E-state index in [1.165, 1.54) is 18.4 Å². The van der Waals surface area contributed by atoms with E-state index in [2.05, 4.69) is 34.1 Å². The predicted molar refractivity (Wildman–Crippen MR) is 79.6 cm³/mol. The summed E-state index contributed by atoms with van der Waals surface area (Å²) in [6.07, 6.45) is 4.23. The van der Waals surface area contributed by atoms with Crippen LogP contribution in [0.15, 0.2) is 30.3 Å². The predicted octanol–water partition coefficient (Wildman–Crippen LogP) is 2.17. The Morgan fingerprint density at radius 2 is 2.00 bits per heavy atom. The van der Waals surface area contributed by atoms with Crippen molar-refractivity contribution < 1.29 is 9.53 Å². The number of ether oxygens (including phenoxy) is 1. The van der Waals surface area contributed by atoms with Crippen LogP contribution in [0.25, 0.3) is 0 Å². The number of carbonyl (C=O) groups is 1. The summed E-state index contributed by atoms with van der Waals surface area (Å²) in [5, 5.41) is 0. The van der Waals surface area contributed by atoms with Crippen LogP contribution in [0.3, 0.4) is 0 Å². The van der Waals surface area contributed by atoms with E-state index >= 15 is 0 Å². The fraction of sp³-hybridized carbons (Fsp3) is 0.588. The molecule has 3 heterocycles. The number of hydrogen-bond donors (Lipinski definition) is 0. The minimum atomic E-state index is -0.212. The summed E-state index contributed by atoms with van der Waals surface area (Å²) in [5.41, 5.74) is 1.23. The molecule has 0 spiro atoms. The topological polar surface area (TPSA) is 32.8 Å². The largest absolute Gasteiger partial charge is 0.368 e. The Morgan fingerprint density at radius 3 is 2.76 bits per heavy atom. The number of carbonyl (C=O) groups excluding carboxylic acids is 1. The highest BCUT2D eigenvalue weighted by Crippen LogP contribution is 2.39. The molecule has 3 fully saturated rings. The first-order valence-electron chi connectivity index (χ1n) is 8.07. The zero-order chi connectivity index (χ0) is 14.2. The van der Waals surface area contributed by atoms with Gasteiger partial charge in [-0.05, 0) is 31.2 Å². The van der Waals surface area contributed by atoms with Gasteiger partial charge in [0.05, 0.1) is 0 Å². The standard InChI is InChI=1S/C17H22N2O2/c20-17(15-9-5-11-21-15)19-12-14-8-4-10-18(14)16(19)13-6-2-1-3-7-13/h1-3,6-7,14-16H,4-5,8-12H2. The van der Waals surface area contributed by atoms with Crippen LogP contribution in [0.1, 0.15) is 37.4 Å². The van der Waals surface area contributed by atoms with Crippen LogP contribution in [-0.4, -0.2) is 47.5 Å². The summed E-state index contributed by atoms with van der Waals surface area (Å²) >= 11 is 0. The number of nitrogens with zero attached hydrogens (tertiary/aromatic N) is 2. The monoisotopic (exact) mass is 286 g/mol. The molecule has 1 aromatic carbocycles. The molecule has 3 saturated heterocycles. The number of fused-ring (bicyclic) bond motifs is 1. The molecular formula is C17H22N2O2. The molecule has 21 heavy (non-hydrogen) atoms. The Kier molecular flexibility index (Phi) is 3.43. The van der Waals surface area contributed by atoms with E-state index in [9.17, 15) is 4.79 Å². The van der Waals surface area contributed by atoms with Crippen LogP contribution >= 0.6 is 0 Å². The van der Waals surface area contributed by atoms with Crippen molar-refractivity contribution >= 4 is 5.91 Å². The normalized spacial score (nSPS) is 32.6. The van der Waals surface area contributed by atoms with Gasteiger partial charge in [-0.15, -0.1) is 0 Å². The van der Waals surface area contributed by atoms with Crippen LogP contribution in [0, 0.1) is 0 Å². The van der Waals surface area contributed by atoms with E-state index in [0.717, 1.165) is 32.5 Å². The van der Waals surface area contributed by atoms with Crippen molar-refractivity contribution in [2.24, 2.45) is 0 Å². The lowest BCUT2D eigenvalue weighted by Gasteiger charge is -2.31. The highest BCUT2D eigenvalue weighted by atomic mass is 16.5. The third-order valence-electron chi connectivity index (χ3n) is 5.03. The average molecular weight is 286 g/mol. The number of benzene rings is 1. The first-order valence-corrected chi connectivity index (χ1v) is 8.07. The van der Waals surface area contributed by atoms with E-state index < -0.39 is 0 Å². The second-order valence-electron chi connectivity index (χ2n) is 6.31. The molecular weight excluding hydrogens is 264 g/mol. The van der Waals surface area contributed by atoms with E-state index in [-0.39, 0.29) is 18.2 Å². The Morgan fingerprint density at radius 1 is 1.14 bits per heavy atom. The maximum Gasteiger partial charge on any atom is 0.253 e. The molecule has 3 unspecified atom stereocenters. The summed E-state index contributed by atoms with van der Waals surface area (Å²) in [6, 6.07) is 11.0. The SMILES string of the molecule is O=C(C1CCCO1)N1CC2CCCN2C1c1ccccc1. The van der Waals surface area contributed by atoms with Gasteiger partial charge in [0, 0.05) is 25.7 Å². The fourth-order valence-electron chi connectivity index (χ4n) is 4.05. The molecule has 4 rings (SSSR count). The maximum absolute atomic E-state index is 12.8. The van der Waals surface area contributed by atoms with Crippen molar-refractivity contribution in [1.82, 2.24) is 9.80 Å². The highest BCUT2D eigenvalue weighted by Gasteiger charge is 2.46. The first kappa shape index (κ1) is 13.3. The summed E-state index contributed by atoms with van der Waals surface area (Å²) in [4.78, 5) is 17.4. The summed E-state index contributed by atoms with van der Waals surface area (Å²) in [6.45, 7) is 2.69. The molecule has 1 amide bonds. The quantitative estimate of drug-likeness (QED) is 0.835. The minimum Gasteiger partial charge on any atom is -0.368 e. The lowest BCUT2D eigenvalue weighted by atomic mass is 10.1. The van der Waals surface area contributed by atoms with Gasteiger partial charge in [0.1, 0.15) is 12.3 Å². The molecule has 0 N–H and O–H groups in total. The number of amides is 1. The van der Waals surface area contributed by atoms with Crippen molar-refractivity contribution in [3.05, 3.63) is 35.9 Å². The molecule has 0 saturated carbocycles. The highest BCUT2D eigenvalue weighted by molar-refractivity contribution is 5.82. The van der Waals surface area contributed by atoms with E-state index in [1.54, 1.807) is 0 Å². The van der Waals surface area contributed by atoms with E-state index in [0.29, 0.717) is 6.04 Å².